The van der Waals surface area contributed by atoms with Crippen molar-refractivity contribution >= 4 is 23.8 Å². The Bertz CT molecular complexity index is 1230. The predicted molar refractivity (Wildman–Crippen MR) is 149 cm³/mol. The van der Waals surface area contributed by atoms with Crippen molar-refractivity contribution in [2.45, 2.75) is 56.7 Å². The fourth-order valence-corrected chi connectivity index (χ4v) is 5.34. The average molecular weight is 569 g/mol. The van der Waals surface area contributed by atoms with Crippen molar-refractivity contribution in [1.82, 2.24) is 20.4 Å². The zero-order valence-electron chi connectivity index (χ0n) is 23.4. The van der Waals surface area contributed by atoms with Crippen LogP contribution in [0, 0.1) is 5.82 Å². The second-order valence-electron chi connectivity index (χ2n) is 10.4. The van der Waals surface area contributed by atoms with E-state index in [9.17, 15) is 23.6 Å². The summed E-state index contributed by atoms with van der Waals surface area (Å²) in [6, 6.07) is 9.93. The summed E-state index contributed by atoms with van der Waals surface area (Å²) in [6.07, 6.45) is 5.06. The van der Waals surface area contributed by atoms with Crippen molar-refractivity contribution in [3.63, 3.8) is 0 Å². The first kappa shape index (κ1) is 29.8. The van der Waals surface area contributed by atoms with Gasteiger partial charge in [-0.05, 0) is 48.7 Å². The van der Waals surface area contributed by atoms with Gasteiger partial charge in [0, 0.05) is 31.1 Å². The third-order valence-corrected chi connectivity index (χ3v) is 7.64. The summed E-state index contributed by atoms with van der Waals surface area (Å²) in [5, 5.41) is 5.79. The molecular weight excluding hydrogens is 531 g/mol. The van der Waals surface area contributed by atoms with Crippen LogP contribution in [0.4, 0.5) is 9.18 Å². The first-order chi connectivity index (χ1) is 19.8. The molecule has 1 aliphatic heterocycles. The Balaban J connectivity index is 1.54. The number of halogens is 1. The SMILES string of the molecule is COC(=O)[C@H](Cc1ccc(OC)cc1)NC(=O)[C@@H]1CN(C(=O)c2cccc(F)c2)CCN1C(=O)NC1CCCCC1. The van der Waals surface area contributed by atoms with Gasteiger partial charge in [-0.15, -0.1) is 0 Å². The standard InChI is InChI=1S/C30H37FN4O6/c1-40-24-13-11-20(12-14-24)17-25(29(38)41-2)33-27(36)26-19-34(28(37)21-7-6-8-22(31)18-21)15-16-35(26)30(39)32-23-9-4-3-5-10-23/h6-8,11-14,18,23,25-26H,3-5,9-10,15-17,19H2,1-2H3,(H,32,39)(H,33,36)/t25-,26-/m0/s1. The van der Waals surface area contributed by atoms with Crippen molar-refractivity contribution < 1.29 is 33.0 Å². The number of piperazine rings is 1. The molecule has 0 aromatic heterocycles. The molecule has 1 heterocycles. The van der Waals surface area contributed by atoms with E-state index in [1.165, 1.54) is 35.1 Å². The van der Waals surface area contributed by atoms with Gasteiger partial charge in [0.25, 0.3) is 5.91 Å². The number of hydrogen-bond donors (Lipinski definition) is 2. The van der Waals surface area contributed by atoms with Gasteiger partial charge in [-0.25, -0.2) is 14.0 Å². The number of carbonyl (C=O) groups excluding carboxylic acids is 4. The monoisotopic (exact) mass is 568 g/mol. The van der Waals surface area contributed by atoms with Crippen LogP contribution in [0.15, 0.2) is 48.5 Å². The molecule has 1 saturated carbocycles. The lowest BCUT2D eigenvalue weighted by Gasteiger charge is -2.41. The Morgan fingerprint density at radius 2 is 1.73 bits per heavy atom. The highest BCUT2D eigenvalue weighted by Crippen LogP contribution is 2.20. The number of carbonyl (C=O) groups is 4. The van der Waals surface area contributed by atoms with Crippen molar-refractivity contribution in [3.8, 4) is 5.75 Å². The molecule has 2 aromatic carbocycles. The van der Waals surface area contributed by atoms with Crippen LogP contribution < -0.4 is 15.4 Å². The maximum absolute atomic E-state index is 13.8. The molecule has 0 radical (unpaired) electrons. The fourth-order valence-electron chi connectivity index (χ4n) is 5.34. The zero-order valence-corrected chi connectivity index (χ0v) is 23.4. The molecule has 2 atom stereocenters. The Kier molecular flexibility index (Phi) is 10.2. The summed E-state index contributed by atoms with van der Waals surface area (Å²) in [7, 11) is 2.79. The van der Waals surface area contributed by atoms with Crippen molar-refractivity contribution in [3.05, 3.63) is 65.5 Å². The van der Waals surface area contributed by atoms with E-state index in [0.29, 0.717) is 5.75 Å². The molecule has 4 amide bonds. The number of amides is 4. The highest BCUT2D eigenvalue weighted by molar-refractivity contribution is 5.96. The van der Waals surface area contributed by atoms with E-state index in [2.05, 4.69) is 10.6 Å². The largest absolute Gasteiger partial charge is 0.497 e. The van der Waals surface area contributed by atoms with Gasteiger partial charge in [0.1, 0.15) is 23.7 Å². The smallest absolute Gasteiger partial charge is 0.328 e. The zero-order chi connectivity index (χ0) is 29.4. The summed E-state index contributed by atoms with van der Waals surface area (Å²) in [6.45, 7) is 0.151. The maximum atomic E-state index is 13.8. The highest BCUT2D eigenvalue weighted by Gasteiger charge is 2.39. The third-order valence-electron chi connectivity index (χ3n) is 7.64. The van der Waals surface area contributed by atoms with Crippen molar-refractivity contribution in [2.24, 2.45) is 0 Å². The van der Waals surface area contributed by atoms with Gasteiger partial charge >= 0.3 is 12.0 Å². The number of esters is 1. The summed E-state index contributed by atoms with van der Waals surface area (Å²) in [5.41, 5.74) is 0.913. The number of benzene rings is 2. The van der Waals surface area contributed by atoms with Gasteiger partial charge < -0.3 is 29.9 Å². The molecule has 2 aromatic rings. The molecule has 11 heteroatoms. The summed E-state index contributed by atoms with van der Waals surface area (Å²) >= 11 is 0. The van der Waals surface area contributed by atoms with Crippen LogP contribution in [-0.4, -0.2) is 85.6 Å². The van der Waals surface area contributed by atoms with Crippen LogP contribution in [0.25, 0.3) is 0 Å². The molecule has 2 aliphatic rings. The van der Waals surface area contributed by atoms with Crippen molar-refractivity contribution in [1.29, 1.82) is 0 Å². The predicted octanol–water partition coefficient (Wildman–Crippen LogP) is 2.90. The molecule has 41 heavy (non-hydrogen) atoms. The van der Waals surface area contributed by atoms with Crippen LogP contribution in [-0.2, 0) is 20.7 Å². The summed E-state index contributed by atoms with van der Waals surface area (Å²) in [5.74, 6) is -1.58. The molecule has 1 aliphatic carbocycles. The normalized spacial score (nSPS) is 18.3. The second-order valence-corrected chi connectivity index (χ2v) is 10.4. The minimum absolute atomic E-state index is 0.0183. The molecule has 220 valence electrons. The van der Waals surface area contributed by atoms with E-state index in [1.54, 1.807) is 31.4 Å². The second kappa shape index (κ2) is 14.0. The van der Waals surface area contributed by atoms with E-state index < -0.39 is 35.7 Å². The van der Waals surface area contributed by atoms with E-state index >= 15 is 0 Å². The van der Waals surface area contributed by atoms with Gasteiger partial charge in [-0.1, -0.05) is 37.5 Å². The summed E-state index contributed by atoms with van der Waals surface area (Å²) in [4.78, 5) is 55.8. The van der Waals surface area contributed by atoms with Gasteiger partial charge in [0.15, 0.2) is 0 Å². The Morgan fingerprint density at radius 1 is 1.00 bits per heavy atom. The third kappa shape index (κ3) is 7.74. The number of nitrogens with zero attached hydrogens (tertiary/aromatic N) is 2. The van der Waals surface area contributed by atoms with Gasteiger partial charge in [-0.3, -0.25) is 9.59 Å². The van der Waals surface area contributed by atoms with Crippen LogP contribution in [0.5, 0.6) is 5.75 Å². The van der Waals surface area contributed by atoms with Gasteiger partial charge in [0.2, 0.25) is 5.91 Å². The topological polar surface area (TPSA) is 117 Å². The lowest BCUT2D eigenvalue weighted by molar-refractivity contribution is -0.145. The first-order valence-electron chi connectivity index (χ1n) is 13.9. The molecule has 4 rings (SSSR count). The molecule has 2 N–H and O–H groups in total. The highest BCUT2D eigenvalue weighted by atomic mass is 19.1. The van der Waals surface area contributed by atoms with E-state index in [0.717, 1.165) is 43.7 Å². The first-order valence-corrected chi connectivity index (χ1v) is 13.9. The molecule has 0 spiro atoms. The van der Waals surface area contributed by atoms with E-state index in [1.807, 2.05) is 0 Å². The van der Waals surface area contributed by atoms with E-state index in [-0.39, 0.29) is 43.7 Å². The van der Waals surface area contributed by atoms with Crippen LogP contribution >= 0.6 is 0 Å². The molecule has 0 unspecified atom stereocenters. The lowest BCUT2D eigenvalue weighted by Crippen LogP contribution is -2.65. The van der Waals surface area contributed by atoms with Crippen molar-refractivity contribution in [2.75, 3.05) is 33.9 Å². The number of rotatable bonds is 8. The number of urea groups is 1. The summed E-state index contributed by atoms with van der Waals surface area (Å²) < 4.78 is 24.0. The van der Waals surface area contributed by atoms with Gasteiger partial charge in [0.05, 0.1) is 20.8 Å². The average Bonchev–Trinajstić information content (AvgIpc) is 3.00. The quantitative estimate of drug-likeness (QED) is 0.473. The Labute approximate surface area is 239 Å². The molecule has 2 fully saturated rings. The van der Waals surface area contributed by atoms with Crippen LogP contribution in [0.2, 0.25) is 0 Å². The molecule has 10 nitrogen and oxygen atoms in total. The fraction of sp³-hybridized carbons (Fsp3) is 0.467. The minimum Gasteiger partial charge on any atom is -0.497 e. The van der Waals surface area contributed by atoms with Gasteiger partial charge in [-0.2, -0.15) is 0 Å². The maximum Gasteiger partial charge on any atom is 0.328 e. The van der Waals surface area contributed by atoms with Crippen LogP contribution in [0.1, 0.15) is 48.0 Å². The Morgan fingerprint density at radius 3 is 2.39 bits per heavy atom. The molecule has 1 saturated heterocycles. The molecule has 0 bridgehead atoms. The number of nitrogens with one attached hydrogen (secondary N) is 2. The number of methoxy groups -OCH3 is 2. The minimum atomic E-state index is -1.08. The lowest BCUT2D eigenvalue weighted by atomic mass is 9.95. The Hall–Kier alpha value is -4.15. The van der Waals surface area contributed by atoms with E-state index in [4.69, 9.17) is 9.47 Å². The number of hydrogen-bond acceptors (Lipinski definition) is 6. The molecular formula is C30H37FN4O6. The number of ether oxygens (including phenoxy) is 2. The van der Waals surface area contributed by atoms with Crippen LogP contribution in [0.3, 0.4) is 0 Å².